The molecule has 4 rings (SSSR count). The Bertz CT molecular complexity index is 1350. The third kappa shape index (κ3) is 3.48. The van der Waals surface area contributed by atoms with Gasteiger partial charge in [0.2, 0.25) is 0 Å². The van der Waals surface area contributed by atoms with Crippen LogP contribution in [0.4, 0.5) is 5.82 Å². The van der Waals surface area contributed by atoms with Crippen molar-refractivity contribution in [3.05, 3.63) is 54.6 Å². The Balaban J connectivity index is 1.88. The summed E-state index contributed by atoms with van der Waals surface area (Å²) in [5, 5.41) is 4.32. The van der Waals surface area contributed by atoms with Gasteiger partial charge in [-0.05, 0) is 12.1 Å². The normalized spacial score (nSPS) is 11.4. The van der Waals surface area contributed by atoms with Gasteiger partial charge >= 0.3 is 0 Å². The van der Waals surface area contributed by atoms with Crippen LogP contribution < -0.4 is 18.5 Å². The first-order valence-corrected chi connectivity index (χ1v) is 11.0. The van der Waals surface area contributed by atoms with E-state index in [0.29, 0.717) is 16.8 Å². The van der Waals surface area contributed by atoms with Crippen molar-refractivity contribution < 1.29 is 27.2 Å². The summed E-state index contributed by atoms with van der Waals surface area (Å²) in [6, 6.07) is 15.9. The number of methoxy groups -OCH3 is 3. The third-order valence-corrected chi connectivity index (χ3v) is 6.79. The molecule has 10 heteroatoms. The molecule has 32 heavy (non-hydrogen) atoms. The number of aromatic nitrogens is 2. The summed E-state index contributed by atoms with van der Waals surface area (Å²) in [6.07, 6.45) is 0. The van der Waals surface area contributed by atoms with Gasteiger partial charge in [-0.25, -0.2) is 17.7 Å². The monoisotopic (exact) mass is 455 g/mol. The van der Waals surface area contributed by atoms with Crippen molar-refractivity contribution >= 4 is 26.9 Å². The van der Waals surface area contributed by atoms with Gasteiger partial charge in [0.1, 0.15) is 22.6 Å². The van der Waals surface area contributed by atoms with Crippen LogP contribution in [-0.2, 0) is 10.0 Å². The lowest BCUT2D eigenvalue weighted by Gasteiger charge is -2.20. The lowest BCUT2D eigenvalue weighted by Crippen LogP contribution is -2.28. The first-order chi connectivity index (χ1) is 15.4. The molecule has 0 amide bonds. The third-order valence-electron chi connectivity index (χ3n) is 4.98. The van der Waals surface area contributed by atoms with E-state index in [0.717, 1.165) is 9.87 Å². The number of anilines is 1. The number of ether oxygens (including phenoxy) is 3. The molecule has 2 heterocycles. The molecule has 0 atom stereocenters. The topological polar surface area (TPSA) is 104 Å². The Morgan fingerprint density at radius 2 is 1.50 bits per heavy atom. The van der Waals surface area contributed by atoms with Crippen LogP contribution in [0.2, 0.25) is 0 Å². The van der Waals surface area contributed by atoms with Crippen molar-refractivity contribution in [3.8, 4) is 28.5 Å². The molecular formula is C22H21N3O6S. The summed E-state index contributed by atoms with van der Waals surface area (Å²) in [7, 11) is 1.47. The van der Waals surface area contributed by atoms with Gasteiger partial charge in [0.05, 0.1) is 27.0 Å². The van der Waals surface area contributed by atoms with E-state index in [2.05, 4.69) is 10.1 Å². The second-order valence-electron chi connectivity index (χ2n) is 6.73. The first-order valence-electron chi connectivity index (χ1n) is 9.52. The van der Waals surface area contributed by atoms with Gasteiger partial charge in [-0.1, -0.05) is 41.6 Å². The summed E-state index contributed by atoms with van der Waals surface area (Å²) < 4.78 is 49.6. The van der Waals surface area contributed by atoms with Gasteiger partial charge in [0.25, 0.3) is 15.7 Å². The van der Waals surface area contributed by atoms with Crippen molar-refractivity contribution in [1.29, 1.82) is 0 Å². The van der Waals surface area contributed by atoms with Crippen molar-refractivity contribution in [3.63, 3.8) is 0 Å². The van der Waals surface area contributed by atoms with Crippen molar-refractivity contribution in [2.75, 3.05) is 32.7 Å². The largest absolute Gasteiger partial charge is 0.496 e. The quantitative estimate of drug-likeness (QED) is 0.415. The number of rotatable bonds is 7. The van der Waals surface area contributed by atoms with Crippen LogP contribution in [-0.4, -0.2) is 46.9 Å². The highest BCUT2D eigenvalue weighted by Crippen LogP contribution is 2.40. The Morgan fingerprint density at radius 1 is 0.875 bits per heavy atom. The Hall–Kier alpha value is -3.79. The maximum atomic E-state index is 13.5. The zero-order chi connectivity index (χ0) is 22.9. The number of sulfonamides is 1. The summed E-state index contributed by atoms with van der Waals surface area (Å²) in [6.45, 7) is 0. The van der Waals surface area contributed by atoms with E-state index >= 15 is 0 Å². The number of hydrogen-bond acceptors (Lipinski definition) is 8. The summed E-state index contributed by atoms with van der Waals surface area (Å²) in [5.74, 6) is 0.678. The number of nitrogens with zero attached hydrogens (tertiary/aromatic N) is 3. The molecule has 0 aliphatic rings. The average Bonchev–Trinajstić information content (AvgIpc) is 3.26. The van der Waals surface area contributed by atoms with Crippen LogP contribution in [0, 0.1) is 0 Å². The second kappa shape index (κ2) is 8.39. The van der Waals surface area contributed by atoms with Gasteiger partial charge < -0.3 is 18.7 Å². The van der Waals surface area contributed by atoms with E-state index in [9.17, 15) is 8.42 Å². The maximum Gasteiger partial charge on any atom is 0.272 e. The summed E-state index contributed by atoms with van der Waals surface area (Å²) >= 11 is 0. The molecule has 166 valence electrons. The van der Waals surface area contributed by atoms with Crippen LogP contribution >= 0.6 is 0 Å². The SMILES string of the molecule is COc1cccc(OC)c1S(=O)(=O)N(C)c1noc2nc(-c3ccccc3)cc(OC)c12. The minimum Gasteiger partial charge on any atom is -0.496 e. The molecule has 0 aliphatic heterocycles. The zero-order valence-electron chi connectivity index (χ0n) is 17.9. The molecule has 4 aromatic rings. The van der Waals surface area contributed by atoms with E-state index in [1.54, 1.807) is 24.3 Å². The Morgan fingerprint density at radius 3 is 2.09 bits per heavy atom. The number of hydrogen-bond donors (Lipinski definition) is 0. The fraction of sp³-hybridized carbons (Fsp3) is 0.182. The lowest BCUT2D eigenvalue weighted by atomic mass is 10.1. The van der Waals surface area contributed by atoms with E-state index in [1.165, 1.54) is 28.4 Å². The molecule has 9 nitrogen and oxygen atoms in total. The second-order valence-corrected chi connectivity index (χ2v) is 8.63. The number of benzene rings is 2. The Labute approximate surface area is 185 Å². The van der Waals surface area contributed by atoms with Gasteiger partial charge in [-0.2, -0.15) is 0 Å². The zero-order valence-corrected chi connectivity index (χ0v) is 18.7. The first kappa shape index (κ1) is 21.4. The van der Waals surface area contributed by atoms with E-state index in [1.807, 2.05) is 30.3 Å². The maximum absolute atomic E-state index is 13.5. The van der Waals surface area contributed by atoms with Crippen molar-refractivity contribution in [2.24, 2.45) is 0 Å². The van der Waals surface area contributed by atoms with Crippen molar-refractivity contribution in [2.45, 2.75) is 4.90 Å². The van der Waals surface area contributed by atoms with Crippen LogP contribution in [0.1, 0.15) is 0 Å². The van der Waals surface area contributed by atoms with Crippen molar-refractivity contribution in [1.82, 2.24) is 10.1 Å². The molecule has 0 spiro atoms. The van der Waals surface area contributed by atoms with Gasteiger partial charge in [-0.3, -0.25) is 0 Å². The smallest absolute Gasteiger partial charge is 0.272 e. The van der Waals surface area contributed by atoms with Crippen LogP contribution in [0.3, 0.4) is 0 Å². The van der Waals surface area contributed by atoms with E-state index < -0.39 is 10.0 Å². The summed E-state index contributed by atoms with van der Waals surface area (Å²) in [5.41, 5.74) is 1.60. The highest BCUT2D eigenvalue weighted by molar-refractivity contribution is 7.93. The Kier molecular flexibility index (Phi) is 5.62. The highest BCUT2D eigenvalue weighted by atomic mass is 32.2. The molecular weight excluding hydrogens is 434 g/mol. The van der Waals surface area contributed by atoms with Crippen LogP contribution in [0.25, 0.3) is 22.4 Å². The molecule has 2 aromatic carbocycles. The molecule has 0 bridgehead atoms. The fourth-order valence-corrected chi connectivity index (χ4v) is 4.80. The van der Waals surface area contributed by atoms with E-state index in [-0.39, 0.29) is 27.9 Å². The van der Waals surface area contributed by atoms with E-state index in [4.69, 9.17) is 18.7 Å². The lowest BCUT2D eigenvalue weighted by molar-refractivity contribution is 0.373. The van der Waals surface area contributed by atoms with Gasteiger partial charge in [-0.15, -0.1) is 0 Å². The highest BCUT2D eigenvalue weighted by Gasteiger charge is 2.33. The molecule has 0 fully saturated rings. The minimum absolute atomic E-state index is 0.0249. The summed E-state index contributed by atoms with van der Waals surface area (Å²) in [4.78, 5) is 4.37. The molecule has 0 aliphatic carbocycles. The number of pyridine rings is 1. The molecule has 2 aromatic heterocycles. The standard InChI is InChI=1S/C22H21N3O6S/c1-25(32(26,27)20-16(28-2)11-8-12-17(20)29-3)21-19-18(30-4)13-15(23-22(19)31-24-21)14-9-6-5-7-10-14/h5-13H,1-4H3. The predicted molar refractivity (Wildman–Crippen MR) is 119 cm³/mol. The molecule has 0 radical (unpaired) electrons. The average molecular weight is 455 g/mol. The molecule has 0 N–H and O–H groups in total. The number of fused-ring (bicyclic) bond motifs is 1. The predicted octanol–water partition coefficient (Wildman–Crippen LogP) is 3.74. The molecule has 0 saturated carbocycles. The molecule has 0 unspecified atom stereocenters. The fourth-order valence-electron chi connectivity index (χ4n) is 3.36. The van der Waals surface area contributed by atoms with Gasteiger partial charge in [0.15, 0.2) is 10.7 Å². The van der Waals surface area contributed by atoms with Crippen LogP contribution in [0.15, 0.2) is 64.0 Å². The molecule has 0 saturated heterocycles. The van der Waals surface area contributed by atoms with Gasteiger partial charge in [0, 0.05) is 18.7 Å². The van der Waals surface area contributed by atoms with Crippen LogP contribution in [0.5, 0.6) is 17.2 Å². The minimum atomic E-state index is -4.15.